The van der Waals surface area contributed by atoms with Crippen molar-refractivity contribution in [1.82, 2.24) is 14.9 Å². The molecule has 5 rings (SSSR count). The average molecular weight is 535 g/mol. The number of piperazine rings is 1. The molecule has 3 heterocycles. The summed E-state index contributed by atoms with van der Waals surface area (Å²) >= 11 is 0. The zero-order valence-corrected chi connectivity index (χ0v) is 21.0. The number of nitrogens with two attached hydrogens (primary N) is 1. The summed E-state index contributed by atoms with van der Waals surface area (Å²) in [6.07, 6.45) is 2.02. The molecule has 39 heavy (non-hydrogen) atoms. The predicted octanol–water partition coefficient (Wildman–Crippen LogP) is 3.19. The lowest BCUT2D eigenvalue weighted by molar-refractivity contribution is -0.118. The number of nitrogens with zero attached hydrogens (tertiary/aromatic N) is 5. The van der Waals surface area contributed by atoms with Crippen molar-refractivity contribution in [3.63, 3.8) is 0 Å². The second-order valence-electron chi connectivity index (χ2n) is 9.21. The Morgan fingerprint density at radius 2 is 1.77 bits per heavy atom. The van der Waals surface area contributed by atoms with Crippen LogP contribution in [0.4, 0.5) is 25.6 Å². The maximum atomic E-state index is 15.0. The lowest BCUT2D eigenvalue weighted by Crippen LogP contribution is -2.50. The van der Waals surface area contributed by atoms with Crippen molar-refractivity contribution in [2.45, 2.75) is 18.9 Å². The highest BCUT2D eigenvalue weighted by Gasteiger charge is 2.33. The zero-order chi connectivity index (χ0) is 27.4. The van der Waals surface area contributed by atoms with Gasteiger partial charge in [-0.2, -0.15) is 0 Å². The molecule has 0 radical (unpaired) electrons. The Balaban J connectivity index is 1.18. The van der Waals surface area contributed by atoms with Crippen molar-refractivity contribution in [1.29, 1.82) is 0 Å². The number of aromatic nitrogens is 2. The number of hydrogen-bond donors (Lipinski definition) is 1. The van der Waals surface area contributed by atoms with Gasteiger partial charge in [0.1, 0.15) is 17.7 Å². The number of hydrogen-bond acceptors (Lipinski definition) is 8. The highest BCUT2D eigenvalue weighted by atomic mass is 19.1. The van der Waals surface area contributed by atoms with Gasteiger partial charge in [0.25, 0.3) is 0 Å². The van der Waals surface area contributed by atoms with Gasteiger partial charge in [-0.15, -0.1) is 0 Å². The number of amides is 3. The highest BCUT2D eigenvalue weighted by Crippen LogP contribution is 2.29. The van der Waals surface area contributed by atoms with Crippen LogP contribution in [0.15, 0.2) is 60.9 Å². The standard InChI is InChI=1S/C27H27FN6O5/c28-23-14-19(34-17-21(39-27(34)37)7-9-24(29)35)6-8-22(23)18-15-30-25(31-16-18)32-10-12-33(13-11-32)26(36)38-20-4-2-1-3-5-20/h1-6,8,14-16,21H,7,9-13,17H2,(H2,29,35). The van der Waals surface area contributed by atoms with Crippen LogP contribution in [0.2, 0.25) is 0 Å². The number of anilines is 2. The summed E-state index contributed by atoms with van der Waals surface area (Å²) in [6.45, 7) is 2.17. The molecule has 2 aromatic carbocycles. The van der Waals surface area contributed by atoms with E-state index in [1.807, 2.05) is 11.0 Å². The Morgan fingerprint density at radius 1 is 1.05 bits per heavy atom. The van der Waals surface area contributed by atoms with Crippen molar-refractivity contribution in [3.8, 4) is 16.9 Å². The molecule has 2 aliphatic heterocycles. The topological polar surface area (TPSA) is 131 Å². The van der Waals surface area contributed by atoms with Crippen molar-refractivity contribution < 1.29 is 28.2 Å². The number of cyclic esters (lactones) is 1. The normalized spacial score (nSPS) is 17.2. The zero-order valence-electron chi connectivity index (χ0n) is 21.0. The van der Waals surface area contributed by atoms with E-state index in [9.17, 15) is 14.4 Å². The van der Waals surface area contributed by atoms with E-state index in [0.717, 1.165) is 0 Å². The Morgan fingerprint density at radius 3 is 2.44 bits per heavy atom. The number of carbonyl (C=O) groups is 3. The Labute approximate surface area is 223 Å². The fourth-order valence-electron chi connectivity index (χ4n) is 4.46. The second kappa shape index (κ2) is 11.3. The van der Waals surface area contributed by atoms with Gasteiger partial charge in [0.15, 0.2) is 0 Å². The lowest BCUT2D eigenvalue weighted by atomic mass is 10.1. The first kappa shape index (κ1) is 25.9. The van der Waals surface area contributed by atoms with Crippen LogP contribution in [-0.4, -0.2) is 71.8 Å². The molecule has 3 amide bonds. The Kier molecular flexibility index (Phi) is 7.53. The van der Waals surface area contributed by atoms with Gasteiger partial charge in [0.2, 0.25) is 11.9 Å². The molecule has 0 saturated carbocycles. The first-order chi connectivity index (χ1) is 18.9. The fourth-order valence-corrected chi connectivity index (χ4v) is 4.46. The number of benzene rings is 2. The van der Waals surface area contributed by atoms with Crippen LogP contribution in [0.25, 0.3) is 11.1 Å². The van der Waals surface area contributed by atoms with Crippen molar-refractivity contribution in [2.75, 3.05) is 42.5 Å². The summed E-state index contributed by atoms with van der Waals surface area (Å²) in [4.78, 5) is 49.4. The van der Waals surface area contributed by atoms with Gasteiger partial charge >= 0.3 is 12.2 Å². The summed E-state index contributed by atoms with van der Waals surface area (Å²) in [5.41, 5.74) is 6.28. The summed E-state index contributed by atoms with van der Waals surface area (Å²) < 4.78 is 25.7. The van der Waals surface area contributed by atoms with Gasteiger partial charge in [-0.1, -0.05) is 18.2 Å². The molecule has 0 aliphatic carbocycles. The molecular weight excluding hydrogens is 507 g/mol. The molecule has 1 atom stereocenters. The number of para-hydroxylation sites is 1. The summed E-state index contributed by atoms with van der Waals surface area (Å²) in [5.74, 6) is -0.0377. The summed E-state index contributed by atoms with van der Waals surface area (Å²) in [5, 5.41) is 0. The SMILES string of the molecule is NC(=O)CCC1CN(c2ccc(-c3cnc(N4CCN(C(=O)Oc5ccccc5)CC4)nc3)c(F)c2)C(=O)O1. The number of carbonyl (C=O) groups excluding carboxylic acids is 3. The molecule has 3 aromatic rings. The minimum atomic E-state index is -0.599. The molecule has 1 aromatic heterocycles. The summed E-state index contributed by atoms with van der Waals surface area (Å²) in [7, 11) is 0. The molecule has 11 nitrogen and oxygen atoms in total. The van der Waals surface area contributed by atoms with Gasteiger partial charge < -0.3 is 25.0 Å². The van der Waals surface area contributed by atoms with Crippen LogP contribution < -0.4 is 20.3 Å². The van der Waals surface area contributed by atoms with E-state index in [2.05, 4.69) is 9.97 Å². The second-order valence-corrected chi connectivity index (χ2v) is 9.21. The van der Waals surface area contributed by atoms with Gasteiger partial charge in [0, 0.05) is 56.1 Å². The van der Waals surface area contributed by atoms with Crippen molar-refractivity contribution in [3.05, 3.63) is 66.7 Å². The minimum Gasteiger partial charge on any atom is -0.444 e. The van der Waals surface area contributed by atoms with Crippen LogP contribution >= 0.6 is 0 Å². The van der Waals surface area contributed by atoms with E-state index in [4.69, 9.17) is 15.2 Å². The van der Waals surface area contributed by atoms with E-state index < -0.39 is 30.0 Å². The summed E-state index contributed by atoms with van der Waals surface area (Å²) in [6, 6.07) is 13.3. The number of rotatable bonds is 7. The molecule has 2 N–H and O–H groups in total. The van der Waals surface area contributed by atoms with E-state index >= 15 is 4.39 Å². The smallest absolute Gasteiger partial charge is 0.415 e. The minimum absolute atomic E-state index is 0.103. The van der Waals surface area contributed by atoms with Crippen LogP contribution in [-0.2, 0) is 9.53 Å². The molecule has 2 aliphatic rings. The van der Waals surface area contributed by atoms with Crippen LogP contribution in [0, 0.1) is 5.82 Å². The van der Waals surface area contributed by atoms with Crippen LogP contribution in [0.3, 0.4) is 0 Å². The lowest BCUT2D eigenvalue weighted by Gasteiger charge is -2.34. The molecule has 12 heteroatoms. The molecular formula is C27H27FN6O5. The van der Waals surface area contributed by atoms with Crippen molar-refractivity contribution in [2.24, 2.45) is 5.73 Å². The van der Waals surface area contributed by atoms with E-state index in [0.29, 0.717) is 55.5 Å². The molecule has 1 unspecified atom stereocenters. The van der Waals surface area contributed by atoms with Gasteiger partial charge in [-0.3, -0.25) is 9.69 Å². The quantitative estimate of drug-likeness (QED) is 0.489. The van der Waals surface area contributed by atoms with E-state index in [1.54, 1.807) is 53.7 Å². The maximum absolute atomic E-state index is 15.0. The molecule has 0 bridgehead atoms. The van der Waals surface area contributed by atoms with Crippen molar-refractivity contribution >= 4 is 29.7 Å². The van der Waals surface area contributed by atoms with E-state index in [1.165, 1.54) is 11.0 Å². The first-order valence-electron chi connectivity index (χ1n) is 12.5. The predicted molar refractivity (Wildman–Crippen MR) is 140 cm³/mol. The van der Waals surface area contributed by atoms with E-state index in [-0.39, 0.29) is 18.5 Å². The maximum Gasteiger partial charge on any atom is 0.415 e. The third-order valence-electron chi connectivity index (χ3n) is 6.57. The average Bonchev–Trinajstić information content (AvgIpc) is 3.33. The molecule has 202 valence electrons. The monoisotopic (exact) mass is 534 g/mol. The third-order valence-corrected chi connectivity index (χ3v) is 6.57. The fraction of sp³-hybridized carbons (Fsp3) is 0.296. The molecule has 2 saturated heterocycles. The number of halogens is 1. The van der Waals surface area contributed by atoms with Crippen LogP contribution in [0.1, 0.15) is 12.8 Å². The highest BCUT2D eigenvalue weighted by molar-refractivity contribution is 5.90. The molecule has 0 spiro atoms. The first-order valence-corrected chi connectivity index (χ1v) is 12.5. The Hall–Kier alpha value is -4.74. The third kappa shape index (κ3) is 6.06. The van der Waals surface area contributed by atoms with Crippen LogP contribution in [0.5, 0.6) is 5.75 Å². The van der Waals surface area contributed by atoms with Gasteiger partial charge in [0.05, 0.1) is 12.2 Å². The van der Waals surface area contributed by atoms with Gasteiger partial charge in [-0.05, 0) is 36.8 Å². The van der Waals surface area contributed by atoms with Gasteiger partial charge in [-0.25, -0.2) is 23.9 Å². The Bertz CT molecular complexity index is 1350. The largest absolute Gasteiger partial charge is 0.444 e. The molecule has 2 fully saturated rings. The number of ether oxygens (including phenoxy) is 2. The number of primary amides is 1.